The van der Waals surface area contributed by atoms with E-state index in [0.717, 1.165) is 30.2 Å². The number of para-hydroxylation sites is 1. The van der Waals surface area contributed by atoms with E-state index in [9.17, 15) is 13.2 Å². The van der Waals surface area contributed by atoms with Gasteiger partial charge in [0.1, 0.15) is 17.9 Å². The highest BCUT2D eigenvalue weighted by Crippen LogP contribution is 2.23. The lowest BCUT2D eigenvalue weighted by Crippen LogP contribution is -2.35. The number of fused-ring (bicyclic) bond motifs is 1. The quantitative estimate of drug-likeness (QED) is 0.567. The van der Waals surface area contributed by atoms with E-state index in [4.69, 9.17) is 4.74 Å². The third kappa shape index (κ3) is 5.51. The van der Waals surface area contributed by atoms with Crippen LogP contribution >= 0.6 is 0 Å². The summed E-state index contributed by atoms with van der Waals surface area (Å²) in [6, 6.07) is 15.6. The Morgan fingerprint density at radius 2 is 1.76 bits per heavy atom. The summed E-state index contributed by atoms with van der Waals surface area (Å²) in [6.45, 7) is 1.42. The predicted molar refractivity (Wildman–Crippen MR) is 126 cm³/mol. The molecule has 1 aliphatic heterocycles. The number of aromatic nitrogens is 1. The van der Waals surface area contributed by atoms with Crippen LogP contribution in [0.4, 0.5) is 0 Å². The lowest BCUT2D eigenvalue weighted by atomic mass is 10.2. The second-order valence-electron chi connectivity index (χ2n) is 7.65. The second kappa shape index (κ2) is 10.5. The minimum absolute atomic E-state index is 0.157. The monoisotopic (exact) mass is 463 g/mol. The molecule has 33 heavy (non-hydrogen) atoms. The first-order chi connectivity index (χ1) is 16.1. The van der Waals surface area contributed by atoms with Crippen LogP contribution < -0.4 is 10.1 Å². The van der Waals surface area contributed by atoms with E-state index in [1.807, 2.05) is 30.3 Å². The lowest BCUT2D eigenvalue weighted by Gasteiger charge is -2.25. The summed E-state index contributed by atoms with van der Waals surface area (Å²) in [5.74, 6) is 6.07. The van der Waals surface area contributed by atoms with Gasteiger partial charge in [-0.25, -0.2) is 8.42 Å². The zero-order chi connectivity index (χ0) is 23.1. The van der Waals surface area contributed by atoms with Gasteiger partial charge < -0.3 is 10.1 Å². The van der Waals surface area contributed by atoms with Gasteiger partial charge in [0.25, 0.3) is 5.91 Å². The number of nitrogens with one attached hydrogen (secondary N) is 1. The molecular weight excluding hydrogens is 438 g/mol. The maximum Gasteiger partial charge on any atom is 0.252 e. The fourth-order valence-electron chi connectivity index (χ4n) is 3.68. The van der Waals surface area contributed by atoms with Crippen LogP contribution in [0.25, 0.3) is 10.9 Å². The SMILES string of the molecule is O=C(NCC#CCOc1cccc2cccnc12)c1ccc(S(=O)(=O)N2CCCCC2)cc1. The maximum absolute atomic E-state index is 12.7. The lowest BCUT2D eigenvalue weighted by molar-refractivity contribution is 0.0958. The number of sulfonamides is 1. The molecule has 0 saturated carbocycles. The number of hydrogen-bond donors (Lipinski definition) is 1. The Hall–Kier alpha value is -3.41. The Morgan fingerprint density at radius 1 is 1.00 bits per heavy atom. The molecule has 3 aromatic rings. The van der Waals surface area contributed by atoms with Gasteiger partial charge in [-0.05, 0) is 49.2 Å². The number of carbonyl (C=O) groups is 1. The van der Waals surface area contributed by atoms with Crippen LogP contribution in [0.3, 0.4) is 0 Å². The normalized spacial score (nSPS) is 14.3. The molecule has 0 atom stereocenters. The molecule has 1 amide bonds. The molecule has 7 nitrogen and oxygen atoms in total. The van der Waals surface area contributed by atoms with Crippen LogP contribution in [0.15, 0.2) is 65.7 Å². The van der Waals surface area contributed by atoms with Crippen LogP contribution in [0.5, 0.6) is 5.75 Å². The first-order valence-electron chi connectivity index (χ1n) is 10.9. The van der Waals surface area contributed by atoms with E-state index in [-0.39, 0.29) is 24.0 Å². The molecular formula is C25H25N3O4S. The van der Waals surface area contributed by atoms with Gasteiger partial charge in [0.05, 0.1) is 11.4 Å². The van der Waals surface area contributed by atoms with Crippen LogP contribution in [0.2, 0.25) is 0 Å². The van der Waals surface area contributed by atoms with Crippen molar-refractivity contribution >= 4 is 26.8 Å². The molecule has 1 N–H and O–H groups in total. The van der Waals surface area contributed by atoms with Crippen molar-refractivity contribution in [1.29, 1.82) is 0 Å². The smallest absolute Gasteiger partial charge is 0.252 e. The summed E-state index contributed by atoms with van der Waals surface area (Å²) in [5, 5.41) is 3.70. The maximum atomic E-state index is 12.7. The molecule has 8 heteroatoms. The van der Waals surface area contributed by atoms with Gasteiger partial charge in [0, 0.05) is 30.2 Å². The number of rotatable bonds is 6. The number of amides is 1. The Labute approximate surface area is 193 Å². The summed E-state index contributed by atoms with van der Waals surface area (Å²) in [6.07, 6.45) is 4.53. The topological polar surface area (TPSA) is 88.6 Å². The van der Waals surface area contributed by atoms with Crippen LogP contribution in [0, 0.1) is 11.8 Å². The molecule has 0 spiro atoms. The highest BCUT2D eigenvalue weighted by molar-refractivity contribution is 7.89. The van der Waals surface area contributed by atoms with Crippen molar-refractivity contribution in [2.75, 3.05) is 26.2 Å². The molecule has 2 aromatic carbocycles. The minimum atomic E-state index is -3.51. The zero-order valence-corrected chi connectivity index (χ0v) is 19.0. The number of hydrogen-bond acceptors (Lipinski definition) is 5. The number of benzene rings is 2. The van der Waals surface area contributed by atoms with Crippen molar-refractivity contribution in [2.45, 2.75) is 24.2 Å². The minimum Gasteiger partial charge on any atom is -0.479 e. The molecule has 1 fully saturated rings. The number of ether oxygens (including phenoxy) is 1. The Bertz CT molecular complexity index is 1280. The third-order valence-electron chi connectivity index (χ3n) is 5.43. The van der Waals surface area contributed by atoms with Gasteiger partial charge >= 0.3 is 0 Å². The summed E-state index contributed by atoms with van der Waals surface area (Å²) >= 11 is 0. The summed E-state index contributed by atoms with van der Waals surface area (Å²) in [7, 11) is -3.51. The Kier molecular flexibility index (Phi) is 7.23. The fraction of sp³-hybridized carbons (Fsp3) is 0.280. The zero-order valence-electron chi connectivity index (χ0n) is 18.2. The fourth-order valence-corrected chi connectivity index (χ4v) is 5.20. The summed E-state index contributed by atoms with van der Waals surface area (Å²) < 4.78 is 32.6. The van der Waals surface area contributed by atoms with Crippen molar-refractivity contribution < 1.29 is 17.9 Å². The van der Waals surface area contributed by atoms with Crippen molar-refractivity contribution in [3.8, 4) is 17.6 Å². The second-order valence-corrected chi connectivity index (χ2v) is 9.58. The Balaban J connectivity index is 1.27. The largest absolute Gasteiger partial charge is 0.479 e. The van der Waals surface area contributed by atoms with Crippen molar-refractivity contribution in [1.82, 2.24) is 14.6 Å². The van der Waals surface area contributed by atoms with E-state index >= 15 is 0 Å². The number of piperidine rings is 1. The summed E-state index contributed by atoms with van der Waals surface area (Å²) in [4.78, 5) is 16.9. The van der Waals surface area contributed by atoms with Gasteiger partial charge in [0.2, 0.25) is 10.0 Å². The van der Waals surface area contributed by atoms with E-state index < -0.39 is 10.0 Å². The predicted octanol–water partition coefficient (Wildman–Crippen LogP) is 3.22. The first kappa shape index (κ1) is 22.8. The number of carbonyl (C=O) groups excluding carboxylic acids is 1. The van der Waals surface area contributed by atoms with Crippen molar-refractivity contribution in [3.05, 3.63) is 66.4 Å². The highest BCUT2D eigenvalue weighted by atomic mass is 32.2. The third-order valence-corrected chi connectivity index (χ3v) is 7.34. The molecule has 4 rings (SSSR count). The van der Waals surface area contributed by atoms with Gasteiger partial charge in [-0.1, -0.05) is 36.5 Å². The van der Waals surface area contributed by atoms with Crippen LogP contribution in [0.1, 0.15) is 29.6 Å². The molecule has 0 radical (unpaired) electrons. The van der Waals surface area contributed by atoms with Crippen molar-refractivity contribution in [3.63, 3.8) is 0 Å². The van der Waals surface area contributed by atoms with E-state index in [1.54, 1.807) is 6.20 Å². The molecule has 1 saturated heterocycles. The van der Waals surface area contributed by atoms with Gasteiger partial charge in [0.15, 0.2) is 0 Å². The number of pyridine rings is 1. The first-order valence-corrected chi connectivity index (χ1v) is 12.3. The molecule has 1 aromatic heterocycles. The highest BCUT2D eigenvalue weighted by Gasteiger charge is 2.25. The van der Waals surface area contributed by atoms with Crippen molar-refractivity contribution in [2.24, 2.45) is 0 Å². The number of nitrogens with zero attached hydrogens (tertiary/aromatic N) is 2. The van der Waals surface area contributed by atoms with E-state index in [2.05, 4.69) is 22.1 Å². The molecule has 170 valence electrons. The van der Waals surface area contributed by atoms with Gasteiger partial charge in [-0.2, -0.15) is 4.31 Å². The summed E-state index contributed by atoms with van der Waals surface area (Å²) in [5.41, 5.74) is 1.16. The standard InChI is InChI=1S/C25H25N3O4S/c29-25(21-11-13-22(14-12-21)33(30,31)28-17-3-1-4-18-28)27-15-2-5-19-32-23-10-6-8-20-9-7-16-26-24(20)23/h6-14,16H,1,3-4,15,17-19H2,(H,27,29). The van der Waals surface area contributed by atoms with E-state index in [0.29, 0.717) is 24.4 Å². The average Bonchev–Trinajstić information content (AvgIpc) is 2.86. The molecule has 1 aliphatic rings. The molecule has 0 aliphatic carbocycles. The van der Waals surface area contributed by atoms with E-state index in [1.165, 1.54) is 28.6 Å². The van der Waals surface area contributed by atoms with Crippen LogP contribution in [-0.4, -0.2) is 49.9 Å². The Morgan fingerprint density at radius 3 is 2.55 bits per heavy atom. The average molecular weight is 464 g/mol. The molecule has 2 heterocycles. The van der Waals surface area contributed by atoms with Gasteiger partial charge in [-0.3, -0.25) is 9.78 Å². The van der Waals surface area contributed by atoms with Crippen LogP contribution in [-0.2, 0) is 10.0 Å². The van der Waals surface area contributed by atoms with Gasteiger partial charge in [-0.15, -0.1) is 0 Å². The molecule has 0 bridgehead atoms. The molecule has 0 unspecified atom stereocenters.